The highest BCUT2D eigenvalue weighted by atomic mass is 127. The van der Waals surface area contributed by atoms with E-state index in [2.05, 4.69) is 0 Å². The van der Waals surface area contributed by atoms with Gasteiger partial charge in [0.15, 0.2) is 0 Å². The fourth-order valence-electron chi connectivity index (χ4n) is 0.714. The maximum Gasteiger partial charge on any atom is 0.137 e. The van der Waals surface area contributed by atoms with Gasteiger partial charge in [0.2, 0.25) is 0 Å². The van der Waals surface area contributed by atoms with E-state index in [0.29, 0.717) is 0 Å². The van der Waals surface area contributed by atoms with E-state index < -0.39 is 18.2 Å². The molecule has 0 atom stereocenters. The van der Waals surface area contributed by atoms with Crippen LogP contribution >= 0.6 is 22.6 Å². The van der Waals surface area contributed by atoms with Gasteiger partial charge in [0, 0.05) is 5.56 Å². The molecule has 60 valence electrons. The maximum atomic E-state index is 12.7. The fourth-order valence-corrected chi connectivity index (χ4v) is 1.32. The SMILES string of the molecule is OCc1c(F)ccc(F)c1I. The number of aliphatic hydroxyl groups excluding tert-OH is 1. The molecule has 1 nitrogen and oxygen atoms in total. The first-order chi connectivity index (χ1) is 5.16. The molecule has 0 saturated carbocycles. The van der Waals surface area contributed by atoms with Gasteiger partial charge in [-0.2, -0.15) is 0 Å². The fraction of sp³-hybridized carbons (Fsp3) is 0.143. The van der Waals surface area contributed by atoms with Crippen molar-refractivity contribution in [2.45, 2.75) is 6.61 Å². The predicted octanol–water partition coefficient (Wildman–Crippen LogP) is 2.06. The molecule has 0 aliphatic rings. The van der Waals surface area contributed by atoms with Crippen molar-refractivity contribution >= 4 is 22.6 Å². The Morgan fingerprint density at radius 3 is 2.27 bits per heavy atom. The molecule has 1 rings (SSSR count). The topological polar surface area (TPSA) is 20.2 Å². The maximum absolute atomic E-state index is 12.7. The molecule has 0 saturated heterocycles. The minimum atomic E-state index is -0.571. The highest BCUT2D eigenvalue weighted by molar-refractivity contribution is 14.1. The van der Waals surface area contributed by atoms with Crippen LogP contribution in [0.4, 0.5) is 8.78 Å². The van der Waals surface area contributed by atoms with Crippen molar-refractivity contribution < 1.29 is 13.9 Å². The summed E-state index contributed by atoms with van der Waals surface area (Å²) in [6.07, 6.45) is 0. The van der Waals surface area contributed by atoms with Crippen molar-refractivity contribution in [1.82, 2.24) is 0 Å². The first-order valence-electron chi connectivity index (χ1n) is 2.90. The lowest BCUT2D eigenvalue weighted by atomic mass is 10.2. The van der Waals surface area contributed by atoms with E-state index >= 15 is 0 Å². The molecule has 11 heavy (non-hydrogen) atoms. The van der Waals surface area contributed by atoms with E-state index in [1.165, 1.54) is 0 Å². The normalized spacial score (nSPS) is 10.2. The van der Waals surface area contributed by atoms with Gasteiger partial charge in [-0.3, -0.25) is 0 Å². The Hall–Kier alpha value is -0.230. The summed E-state index contributed by atoms with van der Waals surface area (Å²) in [4.78, 5) is 0. The average Bonchev–Trinajstić information content (AvgIpc) is 1.99. The zero-order chi connectivity index (χ0) is 8.43. The van der Waals surface area contributed by atoms with Crippen LogP contribution in [0.2, 0.25) is 0 Å². The van der Waals surface area contributed by atoms with Crippen molar-refractivity contribution in [2.75, 3.05) is 0 Å². The first-order valence-corrected chi connectivity index (χ1v) is 3.98. The van der Waals surface area contributed by atoms with Gasteiger partial charge in [0.25, 0.3) is 0 Å². The smallest absolute Gasteiger partial charge is 0.137 e. The minimum Gasteiger partial charge on any atom is -0.392 e. The third-order valence-electron chi connectivity index (χ3n) is 1.30. The second-order valence-electron chi connectivity index (χ2n) is 1.98. The molecule has 0 amide bonds. The molecule has 0 heterocycles. The van der Waals surface area contributed by atoms with Gasteiger partial charge in [-0.25, -0.2) is 8.78 Å². The zero-order valence-electron chi connectivity index (χ0n) is 5.44. The van der Waals surface area contributed by atoms with Gasteiger partial charge in [0.05, 0.1) is 10.2 Å². The van der Waals surface area contributed by atoms with Crippen molar-refractivity contribution in [3.05, 3.63) is 32.9 Å². The Bertz CT molecular complexity index is 275. The molecule has 0 aliphatic carbocycles. The summed E-state index contributed by atoms with van der Waals surface area (Å²) >= 11 is 1.66. The van der Waals surface area contributed by atoms with E-state index in [4.69, 9.17) is 5.11 Å². The summed E-state index contributed by atoms with van der Waals surface area (Å²) in [5, 5.41) is 8.61. The van der Waals surface area contributed by atoms with Gasteiger partial charge in [-0.1, -0.05) is 0 Å². The number of benzene rings is 1. The summed E-state index contributed by atoms with van der Waals surface area (Å²) < 4.78 is 25.5. The monoisotopic (exact) mass is 270 g/mol. The summed E-state index contributed by atoms with van der Waals surface area (Å²) in [6, 6.07) is 2.04. The van der Waals surface area contributed by atoms with Gasteiger partial charge in [0.1, 0.15) is 11.6 Å². The van der Waals surface area contributed by atoms with Crippen LogP contribution in [0.15, 0.2) is 12.1 Å². The van der Waals surface area contributed by atoms with Gasteiger partial charge in [-0.05, 0) is 34.7 Å². The largest absolute Gasteiger partial charge is 0.392 e. The predicted molar refractivity (Wildman–Crippen MR) is 45.0 cm³/mol. The highest BCUT2D eigenvalue weighted by Gasteiger charge is 2.09. The highest BCUT2D eigenvalue weighted by Crippen LogP contribution is 2.18. The molecular weight excluding hydrogens is 265 g/mol. The van der Waals surface area contributed by atoms with Crippen molar-refractivity contribution in [3.63, 3.8) is 0 Å². The van der Waals surface area contributed by atoms with Gasteiger partial charge in [-0.15, -0.1) is 0 Å². The lowest BCUT2D eigenvalue weighted by Gasteiger charge is -2.02. The summed E-state index contributed by atoms with van der Waals surface area (Å²) in [5.74, 6) is -1.07. The Labute approximate surface area is 76.2 Å². The van der Waals surface area contributed by atoms with Crippen LogP contribution in [0, 0.1) is 15.2 Å². The number of hydrogen-bond acceptors (Lipinski definition) is 1. The quantitative estimate of drug-likeness (QED) is 0.611. The van der Waals surface area contributed by atoms with E-state index in [-0.39, 0.29) is 9.13 Å². The molecule has 4 heteroatoms. The molecule has 0 radical (unpaired) electrons. The summed E-state index contributed by atoms with van der Waals surface area (Å²) in [5.41, 5.74) is 0.0191. The van der Waals surface area contributed by atoms with Crippen LogP contribution < -0.4 is 0 Å². The molecule has 1 aromatic rings. The van der Waals surface area contributed by atoms with Crippen LogP contribution in [0.5, 0.6) is 0 Å². The van der Waals surface area contributed by atoms with Crippen molar-refractivity contribution in [3.8, 4) is 0 Å². The molecule has 0 fully saturated rings. The number of halogens is 3. The molecule has 0 bridgehead atoms. The van der Waals surface area contributed by atoms with Crippen molar-refractivity contribution in [2.24, 2.45) is 0 Å². The molecule has 1 N–H and O–H groups in total. The third kappa shape index (κ3) is 1.67. The molecule has 0 aliphatic heterocycles. The number of rotatable bonds is 1. The Kier molecular flexibility index (Phi) is 2.78. The minimum absolute atomic E-state index is 0.0191. The zero-order valence-corrected chi connectivity index (χ0v) is 7.60. The first kappa shape index (κ1) is 8.86. The van der Waals surface area contributed by atoms with Crippen LogP contribution in [0.25, 0.3) is 0 Å². The van der Waals surface area contributed by atoms with E-state index in [1.807, 2.05) is 0 Å². The Balaban J connectivity index is 3.29. The van der Waals surface area contributed by atoms with Crippen LogP contribution in [-0.4, -0.2) is 5.11 Å². The van der Waals surface area contributed by atoms with E-state index in [0.717, 1.165) is 12.1 Å². The van der Waals surface area contributed by atoms with Crippen molar-refractivity contribution in [1.29, 1.82) is 0 Å². The van der Waals surface area contributed by atoms with Crippen LogP contribution in [0.1, 0.15) is 5.56 Å². The number of hydrogen-bond donors (Lipinski definition) is 1. The Morgan fingerprint density at radius 2 is 1.82 bits per heavy atom. The second kappa shape index (κ2) is 3.44. The molecular formula is C7H5F2IO. The van der Waals surface area contributed by atoms with E-state index in [9.17, 15) is 8.78 Å². The molecule has 0 aromatic heterocycles. The third-order valence-corrected chi connectivity index (χ3v) is 2.46. The Morgan fingerprint density at radius 1 is 1.27 bits per heavy atom. The van der Waals surface area contributed by atoms with E-state index in [1.54, 1.807) is 22.6 Å². The lowest BCUT2D eigenvalue weighted by molar-refractivity contribution is 0.273. The van der Waals surface area contributed by atoms with Crippen LogP contribution in [0.3, 0.4) is 0 Å². The van der Waals surface area contributed by atoms with Crippen LogP contribution in [-0.2, 0) is 6.61 Å². The lowest BCUT2D eigenvalue weighted by Crippen LogP contribution is -1.96. The summed E-state index contributed by atoms with van der Waals surface area (Å²) in [7, 11) is 0. The molecule has 0 spiro atoms. The van der Waals surface area contributed by atoms with Gasteiger partial charge >= 0.3 is 0 Å². The van der Waals surface area contributed by atoms with Gasteiger partial charge < -0.3 is 5.11 Å². The summed E-state index contributed by atoms with van der Waals surface area (Å²) in [6.45, 7) is -0.470. The standard InChI is InChI=1S/C7H5F2IO/c8-5-1-2-6(9)7(10)4(5)3-11/h1-2,11H,3H2. The molecule has 0 unspecified atom stereocenters. The average molecular weight is 270 g/mol. The number of aliphatic hydroxyl groups is 1. The molecule has 1 aromatic carbocycles. The second-order valence-corrected chi connectivity index (χ2v) is 3.06.